The quantitative estimate of drug-likeness (QED) is 0.379. The summed E-state index contributed by atoms with van der Waals surface area (Å²) in [5.41, 5.74) is 1.21. The summed E-state index contributed by atoms with van der Waals surface area (Å²) >= 11 is 0. The van der Waals surface area contributed by atoms with Crippen molar-refractivity contribution in [3.63, 3.8) is 0 Å². The summed E-state index contributed by atoms with van der Waals surface area (Å²) in [4.78, 5) is 20.0. The predicted molar refractivity (Wildman–Crippen MR) is 135 cm³/mol. The van der Waals surface area contributed by atoms with Gasteiger partial charge in [0.25, 0.3) is 10.0 Å². The minimum atomic E-state index is -3.85. The molecule has 10 heteroatoms. The van der Waals surface area contributed by atoms with Crippen LogP contribution in [0.5, 0.6) is 11.5 Å². The molecule has 184 valence electrons. The van der Waals surface area contributed by atoms with Crippen LogP contribution in [-0.4, -0.2) is 38.0 Å². The van der Waals surface area contributed by atoms with Gasteiger partial charge in [-0.3, -0.25) is 4.79 Å². The Balaban J connectivity index is 1.59. The third-order valence-electron chi connectivity index (χ3n) is 4.79. The molecule has 35 heavy (non-hydrogen) atoms. The van der Waals surface area contributed by atoms with Crippen LogP contribution in [0.2, 0.25) is 0 Å². The summed E-state index contributed by atoms with van der Waals surface area (Å²) in [6, 6.07) is 12.8. The summed E-state index contributed by atoms with van der Waals surface area (Å²) in [7, 11) is -2.28. The van der Waals surface area contributed by atoms with Crippen LogP contribution < -0.4 is 19.5 Å². The molecule has 0 bridgehead atoms. The maximum Gasteiger partial charge on any atom is 0.264 e. The fourth-order valence-electron chi connectivity index (χ4n) is 2.92. The number of benzene rings is 2. The lowest BCUT2D eigenvalue weighted by Gasteiger charge is -2.12. The van der Waals surface area contributed by atoms with Crippen molar-refractivity contribution >= 4 is 33.6 Å². The highest BCUT2D eigenvalue weighted by atomic mass is 32.2. The molecule has 0 saturated heterocycles. The van der Waals surface area contributed by atoms with Crippen molar-refractivity contribution in [2.24, 2.45) is 5.92 Å². The second-order valence-electron chi connectivity index (χ2n) is 7.97. The number of aromatic nitrogens is 2. The molecule has 1 heterocycles. The molecule has 0 saturated carbocycles. The first-order valence-corrected chi connectivity index (χ1v) is 12.4. The molecule has 1 aromatic heterocycles. The molecule has 0 aliphatic rings. The van der Waals surface area contributed by atoms with E-state index in [0.29, 0.717) is 29.7 Å². The first-order valence-electron chi connectivity index (χ1n) is 11.0. The Kier molecular flexibility index (Phi) is 8.80. The number of hydrogen-bond donors (Lipinski definition) is 2. The van der Waals surface area contributed by atoms with Crippen LogP contribution in [0.4, 0.5) is 11.6 Å². The van der Waals surface area contributed by atoms with Crippen molar-refractivity contribution in [2.75, 3.05) is 23.8 Å². The molecule has 0 aliphatic carbocycles. The predicted octanol–water partition coefficient (Wildman–Crippen LogP) is 4.36. The van der Waals surface area contributed by atoms with Crippen molar-refractivity contribution in [2.45, 2.75) is 25.2 Å². The van der Waals surface area contributed by atoms with Gasteiger partial charge in [-0.05, 0) is 66.4 Å². The SMILES string of the molecule is COc1cc(C=CC(=O)Nc2ccc(S(=O)(=O)Nc3ncccn3)cc2)ccc1OCCC(C)C. The number of rotatable bonds is 11. The average molecular weight is 497 g/mol. The zero-order valence-electron chi connectivity index (χ0n) is 19.8. The van der Waals surface area contributed by atoms with Crippen molar-refractivity contribution in [1.29, 1.82) is 0 Å². The van der Waals surface area contributed by atoms with Crippen LogP contribution >= 0.6 is 0 Å². The number of nitrogens with one attached hydrogen (secondary N) is 2. The molecule has 3 aromatic rings. The monoisotopic (exact) mass is 496 g/mol. The van der Waals surface area contributed by atoms with E-state index in [1.54, 1.807) is 25.3 Å². The van der Waals surface area contributed by atoms with E-state index in [1.807, 2.05) is 12.1 Å². The molecule has 0 radical (unpaired) electrons. The van der Waals surface area contributed by atoms with Gasteiger partial charge in [-0.25, -0.2) is 23.1 Å². The molecule has 3 rings (SSSR count). The van der Waals surface area contributed by atoms with E-state index >= 15 is 0 Å². The average Bonchev–Trinajstić information content (AvgIpc) is 2.83. The third kappa shape index (κ3) is 7.82. The molecule has 0 fully saturated rings. The largest absolute Gasteiger partial charge is 0.493 e. The van der Waals surface area contributed by atoms with Crippen LogP contribution in [-0.2, 0) is 14.8 Å². The topological polar surface area (TPSA) is 120 Å². The van der Waals surface area contributed by atoms with Crippen molar-refractivity contribution in [3.05, 3.63) is 72.6 Å². The van der Waals surface area contributed by atoms with Crippen LogP contribution in [0, 0.1) is 5.92 Å². The number of hydrogen-bond acceptors (Lipinski definition) is 7. The Bertz CT molecular complexity index is 1260. The Hall–Kier alpha value is -3.92. The van der Waals surface area contributed by atoms with Crippen LogP contribution in [0.25, 0.3) is 6.08 Å². The van der Waals surface area contributed by atoms with E-state index in [1.165, 1.54) is 42.7 Å². The lowest BCUT2D eigenvalue weighted by atomic mass is 10.1. The molecular formula is C25H28N4O5S. The number of ether oxygens (including phenoxy) is 2. The van der Waals surface area contributed by atoms with Gasteiger partial charge in [0.15, 0.2) is 11.5 Å². The third-order valence-corrected chi connectivity index (χ3v) is 6.14. The molecule has 1 amide bonds. The van der Waals surface area contributed by atoms with Gasteiger partial charge in [-0.15, -0.1) is 0 Å². The fourth-order valence-corrected chi connectivity index (χ4v) is 3.87. The van der Waals surface area contributed by atoms with E-state index in [9.17, 15) is 13.2 Å². The van der Waals surface area contributed by atoms with Crippen LogP contribution in [0.1, 0.15) is 25.8 Å². The molecule has 0 atom stereocenters. The number of nitrogens with zero attached hydrogens (tertiary/aromatic N) is 2. The van der Waals surface area contributed by atoms with E-state index in [2.05, 4.69) is 33.9 Å². The first kappa shape index (κ1) is 25.7. The van der Waals surface area contributed by atoms with Gasteiger partial charge in [0.1, 0.15) is 0 Å². The standard InChI is InChI=1S/C25H28N4O5S/c1-18(2)13-16-34-22-11-5-19(17-23(22)33-3)6-12-24(30)28-20-7-9-21(10-8-20)35(31,32)29-25-26-14-4-15-27-25/h4-12,14-15,17-18H,13,16H2,1-3H3,(H,28,30)(H,26,27,29). The molecule has 0 spiro atoms. The number of carbonyl (C=O) groups excluding carboxylic acids is 1. The van der Waals surface area contributed by atoms with Gasteiger partial charge in [0, 0.05) is 24.2 Å². The number of methoxy groups -OCH3 is 1. The summed E-state index contributed by atoms with van der Waals surface area (Å²) in [6.45, 7) is 4.87. The minimum absolute atomic E-state index is 0.0151. The summed E-state index contributed by atoms with van der Waals surface area (Å²) < 4.78 is 38.4. The number of anilines is 2. The number of carbonyl (C=O) groups is 1. The second kappa shape index (κ2) is 12.0. The van der Waals surface area contributed by atoms with Gasteiger partial charge in [-0.2, -0.15) is 0 Å². The number of sulfonamides is 1. The first-order chi connectivity index (χ1) is 16.8. The molecule has 0 unspecified atom stereocenters. The summed E-state index contributed by atoms with van der Waals surface area (Å²) in [5.74, 6) is 1.39. The van der Waals surface area contributed by atoms with Gasteiger partial charge in [-0.1, -0.05) is 19.9 Å². The van der Waals surface area contributed by atoms with Gasteiger partial charge in [0.05, 0.1) is 18.6 Å². The van der Waals surface area contributed by atoms with E-state index in [-0.39, 0.29) is 16.8 Å². The lowest BCUT2D eigenvalue weighted by molar-refractivity contribution is -0.111. The normalized spacial score (nSPS) is 11.4. The highest BCUT2D eigenvalue weighted by molar-refractivity contribution is 7.92. The van der Waals surface area contributed by atoms with Crippen molar-refractivity contribution in [3.8, 4) is 11.5 Å². The highest BCUT2D eigenvalue weighted by Gasteiger charge is 2.15. The fraction of sp³-hybridized carbons (Fsp3) is 0.240. The maximum absolute atomic E-state index is 12.4. The zero-order chi connectivity index (χ0) is 25.3. The highest BCUT2D eigenvalue weighted by Crippen LogP contribution is 2.29. The van der Waals surface area contributed by atoms with Crippen LogP contribution in [0.15, 0.2) is 71.9 Å². The summed E-state index contributed by atoms with van der Waals surface area (Å²) in [6.07, 6.45) is 6.84. The maximum atomic E-state index is 12.4. The molecule has 2 aromatic carbocycles. The van der Waals surface area contributed by atoms with Crippen molar-refractivity contribution in [1.82, 2.24) is 9.97 Å². The smallest absolute Gasteiger partial charge is 0.264 e. The van der Waals surface area contributed by atoms with E-state index in [4.69, 9.17) is 9.47 Å². The minimum Gasteiger partial charge on any atom is -0.493 e. The summed E-state index contributed by atoms with van der Waals surface area (Å²) in [5, 5.41) is 2.70. The van der Waals surface area contributed by atoms with Gasteiger partial charge < -0.3 is 14.8 Å². The molecular weight excluding hydrogens is 468 g/mol. The van der Waals surface area contributed by atoms with Gasteiger partial charge in [0.2, 0.25) is 11.9 Å². The Morgan fingerprint density at radius 3 is 2.43 bits per heavy atom. The zero-order valence-corrected chi connectivity index (χ0v) is 20.6. The molecule has 9 nitrogen and oxygen atoms in total. The van der Waals surface area contributed by atoms with Crippen molar-refractivity contribution < 1.29 is 22.7 Å². The van der Waals surface area contributed by atoms with E-state index < -0.39 is 10.0 Å². The van der Waals surface area contributed by atoms with Gasteiger partial charge >= 0.3 is 0 Å². The number of amides is 1. The molecule has 0 aliphatic heterocycles. The van der Waals surface area contributed by atoms with Crippen LogP contribution in [0.3, 0.4) is 0 Å². The van der Waals surface area contributed by atoms with E-state index in [0.717, 1.165) is 12.0 Å². The Morgan fingerprint density at radius 1 is 1.06 bits per heavy atom. The molecule has 2 N–H and O–H groups in total. The Morgan fingerprint density at radius 2 is 1.77 bits per heavy atom. The second-order valence-corrected chi connectivity index (χ2v) is 9.65. The lowest BCUT2D eigenvalue weighted by Crippen LogP contribution is -2.15. The Labute approximate surface area is 205 Å².